The van der Waals surface area contributed by atoms with Gasteiger partial charge in [-0.1, -0.05) is 60.7 Å². The van der Waals surface area contributed by atoms with Gasteiger partial charge in [-0.25, -0.2) is 0 Å². The average Bonchev–Trinajstić information content (AvgIpc) is 2.87. The summed E-state index contributed by atoms with van der Waals surface area (Å²) in [6.45, 7) is 5.71. The van der Waals surface area contributed by atoms with Gasteiger partial charge in [0.15, 0.2) is 0 Å². The van der Waals surface area contributed by atoms with Gasteiger partial charge in [-0.15, -0.1) is 0 Å². The summed E-state index contributed by atoms with van der Waals surface area (Å²) in [5, 5.41) is 12.7. The highest BCUT2D eigenvalue weighted by molar-refractivity contribution is 5.68. The molecule has 0 saturated carbocycles. The molecule has 4 aromatic carbocycles. The van der Waals surface area contributed by atoms with Gasteiger partial charge in [0.1, 0.15) is 12.4 Å². The molecule has 0 unspecified atom stereocenters. The number of nitrogens with one attached hydrogen (secondary N) is 1. The van der Waals surface area contributed by atoms with Crippen LogP contribution in [0, 0.1) is 25.2 Å². The SMILES string of the molecule is Cc1cc(NCc2cccc(-c3ccccc3)c2C)cc(OCc2cccc(C#N)c2)c1CN. The number of nitrogens with two attached hydrogens (primary N) is 1. The highest BCUT2D eigenvalue weighted by atomic mass is 16.5. The number of nitriles is 1. The van der Waals surface area contributed by atoms with Gasteiger partial charge in [-0.05, 0) is 65.4 Å². The zero-order chi connectivity index (χ0) is 23.9. The Morgan fingerprint density at radius 1 is 0.912 bits per heavy atom. The lowest BCUT2D eigenvalue weighted by Crippen LogP contribution is -2.08. The molecule has 3 N–H and O–H groups in total. The lowest BCUT2D eigenvalue weighted by atomic mass is 9.96. The second-order valence-electron chi connectivity index (χ2n) is 8.38. The Balaban J connectivity index is 1.53. The summed E-state index contributed by atoms with van der Waals surface area (Å²) in [4.78, 5) is 0. The molecule has 4 heteroatoms. The van der Waals surface area contributed by atoms with E-state index in [0.717, 1.165) is 28.1 Å². The van der Waals surface area contributed by atoms with Gasteiger partial charge in [0.25, 0.3) is 0 Å². The second-order valence-corrected chi connectivity index (χ2v) is 8.38. The van der Waals surface area contributed by atoms with Crippen LogP contribution in [0.5, 0.6) is 5.75 Å². The Bertz CT molecular complexity index is 1320. The largest absolute Gasteiger partial charge is 0.488 e. The van der Waals surface area contributed by atoms with Gasteiger partial charge < -0.3 is 15.8 Å². The van der Waals surface area contributed by atoms with Crippen LogP contribution in [0.3, 0.4) is 0 Å². The molecule has 4 aromatic rings. The van der Waals surface area contributed by atoms with Crippen molar-refractivity contribution in [3.8, 4) is 22.9 Å². The van der Waals surface area contributed by atoms with Crippen molar-refractivity contribution in [3.63, 3.8) is 0 Å². The van der Waals surface area contributed by atoms with E-state index in [1.54, 1.807) is 6.07 Å². The Labute approximate surface area is 201 Å². The van der Waals surface area contributed by atoms with Crippen LogP contribution in [0.25, 0.3) is 11.1 Å². The Hall–Kier alpha value is -4.07. The van der Waals surface area contributed by atoms with Crippen LogP contribution in [0.1, 0.15) is 33.4 Å². The molecule has 4 rings (SSSR count). The number of nitrogens with zero attached hydrogens (tertiary/aromatic N) is 1. The van der Waals surface area contributed by atoms with Gasteiger partial charge in [0.2, 0.25) is 0 Å². The van der Waals surface area contributed by atoms with Crippen LogP contribution in [0.15, 0.2) is 84.9 Å². The highest BCUT2D eigenvalue weighted by Gasteiger charge is 2.11. The predicted molar refractivity (Wildman–Crippen MR) is 139 cm³/mol. The quantitative estimate of drug-likeness (QED) is 0.324. The Morgan fingerprint density at radius 3 is 2.47 bits per heavy atom. The number of anilines is 1. The van der Waals surface area contributed by atoms with Crippen molar-refractivity contribution in [3.05, 3.63) is 118 Å². The van der Waals surface area contributed by atoms with E-state index in [9.17, 15) is 0 Å². The normalized spacial score (nSPS) is 10.5. The molecule has 0 fully saturated rings. The van der Waals surface area contributed by atoms with Crippen molar-refractivity contribution in [1.82, 2.24) is 0 Å². The number of hydrogen-bond acceptors (Lipinski definition) is 4. The van der Waals surface area contributed by atoms with E-state index in [1.165, 1.54) is 22.3 Å². The van der Waals surface area contributed by atoms with Crippen molar-refractivity contribution in [2.75, 3.05) is 5.32 Å². The molecule has 0 atom stereocenters. The first-order valence-electron chi connectivity index (χ1n) is 11.4. The number of ether oxygens (including phenoxy) is 1. The van der Waals surface area contributed by atoms with E-state index < -0.39 is 0 Å². The molecular weight excluding hydrogens is 418 g/mol. The molecule has 34 heavy (non-hydrogen) atoms. The molecule has 0 aliphatic carbocycles. The van der Waals surface area contributed by atoms with Crippen molar-refractivity contribution in [2.45, 2.75) is 33.5 Å². The number of rotatable bonds is 8. The topological polar surface area (TPSA) is 71.1 Å². The van der Waals surface area contributed by atoms with Gasteiger partial charge >= 0.3 is 0 Å². The van der Waals surface area contributed by atoms with E-state index >= 15 is 0 Å². The standard InChI is InChI=1S/C30H29N3O/c1-21-14-27(16-30(29(21)18-32)34-20-24-9-6-8-23(15-24)17-31)33-19-26-12-7-13-28(22(26)2)25-10-4-3-5-11-25/h3-16,33H,18-20,32H2,1-2H3. The average molecular weight is 448 g/mol. The van der Waals surface area contributed by atoms with Crippen LogP contribution < -0.4 is 15.8 Å². The molecule has 0 aliphatic rings. The second kappa shape index (κ2) is 10.7. The minimum atomic E-state index is 0.379. The number of benzene rings is 4. The Kier molecular flexibility index (Phi) is 7.27. The smallest absolute Gasteiger partial charge is 0.126 e. The minimum absolute atomic E-state index is 0.379. The fourth-order valence-corrected chi connectivity index (χ4v) is 4.17. The highest BCUT2D eigenvalue weighted by Crippen LogP contribution is 2.30. The first-order valence-corrected chi connectivity index (χ1v) is 11.4. The first-order chi connectivity index (χ1) is 16.6. The molecule has 0 aliphatic heterocycles. The third kappa shape index (κ3) is 5.28. The van der Waals surface area contributed by atoms with Crippen LogP contribution in [-0.2, 0) is 19.7 Å². The molecule has 4 nitrogen and oxygen atoms in total. The molecule has 0 saturated heterocycles. The van der Waals surface area contributed by atoms with Gasteiger partial charge in [-0.3, -0.25) is 0 Å². The Morgan fingerprint density at radius 2 is 1.71 bits per heavy atom. The maximum atomic E-state index is 9.14. The maximum absolute atomic E-state index is 9.14. The molecule has 0 aromatic heterocycles. The third-order valence-corrected chi connectivity index (χ3v) is 6.10. The van der Waals surface area contributed by atoms with E-state index in [4.69, 9.17) is 15.7 Å². The van der Waals surface area contributed by atoms with Gasteiger partial charge in [-0.2, -0.15) is 5.26 Å². The van der Waals surface area contributed by atoms with E-state index in [0.29, 0.717) is 25.3 Å². The molecule has 0 amide bonds. The van der Waals surface area contributed by atoms with E-state index in [-0.39, 0.29) is 0 Å². The summed E-state index contributed by atoms with van der Waals surface area (Å²) in [5.74, 6) is 0.766. The third-order valence-electron chi connectivity index (χ3n) is 6.10. The first kappa shape index (κ1) is 23.1. The number of hydrogen-bond donors (Lipinski definition) is 2. The molecule has 0 heterocycles. The van der Waals surface area contributed by atoms with Crippen molar-refractivity contribution in [1.29, 1.82) is 5.26 Å². The summed E-state index contributed by atoms with van der Waals surface area (Å²) in [6.07, 6.45) is 0. The summed E-state index contributed by atoms with van der Waals surface area (Å²) < 4.78 is 6.16. The molecule has 0 spiro atoms. The zero-order valence-electron chi connectivity index (χ0n) is 19.6. The van der Waals surface area contributed by atoms with Crippen molar-refractivity contribution >= 4 is 5.69 Å². The predicted octanol–water partition coefficient (Wildman–Crippen LogP) is 6.49. The summed E-state index contributed by atoms with van der Waals surface area (Å²) in [6, 6.07) is 30.7. The molecular formula is C30H29N3O. The summed E-state index contributed by atoms with van der Waals surface area (Å²) >= 11 is 0. The summed E-state index contributed by atoms with van der Waals surface area (Å²) in [7, 11) is 0. The lowest BCUT2D eigenvalue weighted by Gasteiger charge is -2.17. The maximum Gasteiger partial charge on any atom is 0.126 e. The zero-order valence-corrected chi connectivity index (χ0v) is 19.6. The van der Waals surface area contributed by atoms with Crippen LogP contribution >= 0.6 is 0 Å². The van der Waals surface area contributed by atoms with Crippen LogP contribution in [0.2, 0.25) is 0 Å². The summed E-state index contributed by atoms with van der Waals surface area (Å²) in [5.41, 5.74) is 15.7. The molecule has 0 bridgehead atoms. The lowest BCUT2D eigenvalue weighted by molar-refractivity contribution is 0.303. The van der Waals surface area contributed by atoms with E-state index in [1.807, 2.05) is 30.3 Å². The van der Waals surface area contributed by atoms with Gasteiger partial charge in [0.05, 0.1) is 11.6 Å². The van der Waals surface area contributed by atoms with Crippen LogP contribution in [-0.4, -0.2) is 0 Å². The van der Waals surface area contributed by atoms with Crippen molar-refractivity contribution < 1.29 is 4.74 Å². The van der Waals surface area contributed by atoms with Crippen LogP contribution in [0.4, 0.5) is 5.69 Å². The molecule has 0 radical (unpaired) electrons. The monoisotopic (exact) mass is 447 g/mol. The van der Waals surface area contributed by atoms with Gasteiger partial charge in [0, 0.05) is 30.4 Å². The van der Waals surface area contributed by atoms with E-state index in [2.05, 4.69) is 73.8 Å². The number of aryl methyl sites for hydroxylation is 1. The fourth-order valence-electron chi connectivity index (χ4n) is 4.17. The van der Waals surface area contributed by atoms with Crippen molar-refractivity contribution in [2.24, 2.45) is 5.73 Å². The fraction of sp³-hybridized carbons (Fsp3) is 0.167. The molecule has 170 valence electrons. The minimum Gasteiger partial charge on any atom is -0.488 e.